The Kier molecular flexibility index (Phi) is 6.56. The second-order valence-corrected chi connectivity index (χ2v) is 12.5. The van der Waals surface area contributed by atoms with E-state index in [1.165, 1.54) is 23.7 Å². The molecule has 5 rings (SSSR count). The van der Waals surface area contributed by atoms with E-state index in [0.717, 1.165) is 12.1 Å². The SMILES string of the molecule is C[C@@](O)(c1ccnc(-c2nccc3cc(C(NS(=O)(=O)C4CC4)c4ccccc4Cl)sc23)c1)C(F)(F)F. The molecule has 3 heterocycles. The number of halogens is 4. The molecular formula is C25H21ClF3N3O3S2. The average Bonchev–Trinajstić information content (AvgIpc) is 3.62. The smallest absolute Gasteiger partial charge is 0.376 e. The van der Waals surface area contributed by atoms with Crippen LogP contribution in [0.4, 0.5) is 13.2 Å². The number of nitrogens with zero attached hydrogens (tertiary/aromatic N) is 2. The number of rotatable bonds is 7. The molecule has 1 unspecified atom stereocenters. The van der Waals surface area contributed by atoms with Crippen molar-refractivity contribution in [1.29, 1.82) is 0 Å². The number of pyridine rings is 2. The first-order chi connectivity index (χ1) is 17.4. The lowest BCUT2D eigenvalue weighted by Crippen LogP contribution is -2.39. The van der Waals surface area contributed by atoms with E-state index in [-0.39, 0.29) is 11.3 Å². The Morgan fingerprint density at radius 1 is 1.11 bits per heavy atom. The number of hydrogen-bond acceptors (Lipinski definition) is 6. The molecule has 12 heteroatoms. The predicted octanol–water partition coefficient (Wildman–Crippen LogP) is 5.95. The van der Waals surface area contributed by atoms with Crippen LogP contribution in [-0.4, -0.2) is 34.9 Å². The fourth-order valence-electron chi connectivity index (χ4n) is 3.96. The van der Waals surface area contributed by atoms with Gasteiger partial charge in [-0.05, 0) is 66.6 Å². The number of sulfonamides is 1. The van der Waals surface area contributed by atoms with Gasteiger partial charge in [0, 0.05) is 22.3 Å². The highest BCUT2D eigenvalue weighted by molar-refractivity contribution is 7.90. The Hall–Kier alpha value is -2.57. The summed E-state index contributed by atoms with van der Waals surface area (Å²) in [5.41, 5.74) is -2.40. The van der Waals surface area contributed by atoms with Crippen molar-refractivity contribution in [2.24, 2.45) is 0 Å². The van der Waals surface area contributed by atoms with Gasteiger partial charge in [0.15, 0.2) is 5.60 Å². The lowest BCUT2D eigenvalue weighted by Gasteiger charge is -2.26. The number of aliphatic hydroxyl groups is 1. The molecular weight excluding hydrogens is 547 g/mol. The molecule has 0 spiro atoms. The van der Waals surface area contributed by atoms with Crippen LogP contribution < -0.4 is 4.72 Å². The molecule has 0 amide bonds. The number of benzene rings is 1. The Bertz CT molecular complexity index is 1580. The van der Waals surface area contributed by atoms with Gasteiger partial charge in [0.2, 0.25) is 10.0 Å². The van der Waals surface area contributed by atoms with E-state index in [2.05, 4.69) is 14.7 Å². The third kappa shape index (κ3) is 4.98. The summed E-state index contributed by atoms with van der Waals surface area (Å²) in [6.45, 7) is 0.684. The monoisotopic (exact) mass is 567 g/mol. The summed E-state index contributed by atoms with van der Waals surface area (Å²) in [4.78, 5) is 9.20. The van der Waals surface area contributed by atoms with Crippen molar-refractivity contribution in [2.45, 2.75) is 42.8 Å². The molecule has 4 aromatic rings. The summed E-state index contributed by atoms with van der Waals surface area (Å²) in [7, 11) is -3.60. The van der Waals surface area contributed by atoms with E-state index in [1.54, 1.807) is 30.3 Å². The minimum Gasteiger partial charge on any atom is -0.376 e. The lowest BCUT2D eigenvalue weighted by atomic mass is 9.95. The molecule has 3 aromatic heterocycles. The largest absolute Gasteiger partial charge is 0.421 e. The third-order valence-corrected chi connectivity index (χ3v) is 9.80. The van der Waals surface area contributed by atoms with Gasteiger partial charge in [-0.1, -0.05) is 29.8 Å². The zero-order valence-corrected chi connectivity index (χ0v) is 21.7. The van der Waals surface area contributed by atoms with Crippen LogP contribution in [0.15, 0.2) is 60.9 Å². The van der Waals surface area contributed by atoms with E-state index in [9.17, 15) is 26.7 Å². The molecule has 37 heavy (non-hydrogen) atoms. The second kappa shape index (κ2) is 9.32. The Balaban J connectivity index is 1.62. The predicted molar refractivity (Wildman–Crippen MR) is 137 cm³/mol. The normalized spacial score (nSPS) is 17.0. The summed E-state index contributed by atoms with van der Waals surface area (Å²) in [5.74, 6) is 0. The molecule has 2 atom stereocenters. The first-order valence-electron chi connectivity index (χ1n) is 11.3. The molecule has 2 N–H and O–H groups in total. The van der Waals surface area contributed by atoms with Crippen LogP contribution in [0.1, 0.15) is 41.8 Å². The second-order valence-electron chi connectivity index (χ2n) is 9.04. The van der Waals surface area contributed by atoms with Gasteiger partial charge >= 0.3 is 6.18 Å². The van der Waals surface area contributed by atoms with Crippen LogP contribution in [0.3, 0.4) is 0 Å². The van der Waals surface area contributed by atoms with E-state index in [0.29, 0.717) is 51.0 Å². The number of hydrogen-bond donors (Lipinski definition) is 2. The molecule has 0 radical (unpaired) electrons. The minimum atomic E-state index is -4.89. The average molecular weight is 568 g/mol. The number of aromatic nitrogens is 2. The number of thiophene rings is 1. The van der Waals surface area contributed by atoms with Crippen molar-refractivity contribution in [3.8, 4) is 11.4 Å². The molecule has 1 saturated carbocycles. The zero-order chi connectivity index (χ0) is 26.6. The van der Waals surface area contributed by atoms with Crippen LogP contribution >= 0.6 is 22.9 Å². The maximum Gasteiger partial charge on any atom is 0.421 e. The summed E-state index contributed by atoms with van der Waals surface area (Å²) < 4.78 is 69.5. The first kappa shape index (κ1) is 26.1. The van der Waals surface area contributed by atoms with Crippen molar-refractivity contribution in [3.05, 3.63) is 82.0 Å². The summed E-state index contributed by atoms with van der Waals surface area (Å²) in [5, 5.41) is 10.8. The summed E-state index contributed by atoms with van der Waals surface area (Å²) in [6, 6.07) is 12.0. The van der Waals surface area contributed by atoms with Gasteiger partial charge in [-0.2, -0.15) is 13.2 Å². The molecule has 0 aliphatic heterocycles. The minimum absolute atomic E-state index is 0.147. The molecule has 1 fully saturated rings. The van der Waals surface area contributed by atoms with Gasteiger partial charge in [0.25, 0.3) is 0 Å². The van der Waals surface area contributed by atoms with E-state index >= 15 is 0 Å². The third-order valence-electron chi connectivity index (χ3n) is 6.32. The van der Waals surface area contributed by atoms with Crippen molar-refractivity contribution in [2.75, 3.05) is 0 Å². The van der Waals surface area contributed by atoms with Crippen LogP contribution in [0.2, 0.25) is 5.02 Å². The molecule has 1 aliphatic carbocycles. The van der Waals surface area contributed by atoms with Crippen molar-refractivity contribution in [3.63, 3.8) is 0 Å². The van der Waals surface area contributed by atoms with Crippen molar-refractivity contribution in [1.82, 2.24) is 14.7 Å². The highest BCUT2D eigenvalue weighted by Gasteiger charge is 2.51. The Morgan fingerprint density at radius 3 is 2.49 bits per heavy atom. The van der Waals surface area contributed by atoms with E-state index in [1.807, 2.05) is 6.07 Å². The fourth-order valence-corrected chi connectivity index (χ4v) is 7.03. The summed E-state index contributed by atoms with van der Waals surface area (Å²) >= 11 is 7.70. The first-order valence-corrected chi connectivity index (χ1v) is 14.0. The van der Waals surface area contributed by atoms with Crippen LogP contribution in [0.25, 0.3) is 21.5 Å². The molecule has 0 bridgehead atoms. The Morgan fingerprint density at radius 2 is 1.81 bits per heavy atom. The number of fused-ring (bicyclic) bond motifs is 1. The van der Waals surface area contributed by atoms with Gasteiger partial charge < -0.3 is 5.11 Å². The van der Waals surface area contributed by atoms with Crippen LogP contribution in [0.5, 0.6) is 0 Å². The molecule has 1 aromatic carbocycles. The van der Waals surface area contributed by atoms with Crippen LogP contribution in [0, 0.1) is 0 Å². The highest BCUT2D eigenvalue weighted by atomic mass is 35.5. The molecule has 0 saturated heterocycles. The highest BCUT2D eigenvalue weighted by Crippen LogP contribution is 2.42. The maximum absolute atomic E-state index is 13.4. The summed E-state index contributed by atoms with van der Waals surface area (Å²) in [6.07, 6.45) is -1.01. The topological polar surface area (TPSA) is 92.2 Å². The van der Waals surface area contributed by atoms with Crippen molar-refractivity contribution >= 4 is 43.0 Å². The van der Waals surface area contributed by atoms with E-state index < -0.39 is 33.1 Å². The van der Waals surface area contributed by atoms with Gasteiger partial charge in [0.05, 0.1) is 21.7 Å². The number of nitrogens with one attached hydrogen (secondary N) is 1. The quantitative estimate of drug-likeness (QED) is 0.288. The van der Waals surface area contributed by atoms with Gasteiger partial charge in [-0.15, -0.1) is 11.3 Å². The van der Waals surface area contributed by atoms with Gasteiger partial charge in [-0.25, -0.2) is 13.1 Å². The molecule has 194 valence electrons. The maximum atomic E-state index is 13.4. The number of alkyl halides is 3. The van der Waals surface area contributed by atoms with Gasteiger partial charge in [0.1, 0.15) is 5.69 Å². The Labute approximate surface area is 220 Å². The molecule has 1 aliphatic rings. The van der Waals surface area contributed by atoms with Crippen molar-refractivity contribution < 1.29 is 26.7 Å². The van der Waals surface area contributed by atoms with E-state index in [4.69, 9.17) is 11.6 Å². The lowest BCUT2D eigenvalue weighted by molar-refractivity contribution is -0.258. The molecule has 6 nitrogen and oxygen atoms in total. The van der Waals surface area contributed by atoms with Crippen LogP contribution in [-0.2, 0) is 15.6 Å². The standard InChI is InChI=1S/C25H21ClF3N3O3S2/c1-24(33,25(27,28)29)15-9-11-30-19(13-15)22-23-14(8-10-31-22)12-20(36-23)21(17-4-2-3-5-18(17)26)32-37(34,35)16-6-7-16/h2-5,8-13,16,21,32-33H,6-7H2,1H3/t21?,24-/m1/s1. The fraction of sp³-hybridized carbons (Fsp3) is 0.280. The van der Waals surface area contributed by atoms with Gasteiger partial charge in [-0.3, -0.25) is 9.97 Å². The zero-order valence-electron chi connectivity index (χ0n) is 19.3.